The lowest BCUT2D eigenvalue weighted by Gasteiger charge is -2.29. The summed E-state index contributed by atoms with van der Waals surface area (Å²) in [5.74, 6) is 0.955. The highest BCUT2D eigenvalue weighted by Gasteiger charge is 2.16. The third-order valence-electron chi connectivity index (χ3n) is 3.20. The van der Waals surface area contributed by atoms with Gasteiger partial charge in [-0.25, -0.2) is 0 Å². The standard InChI is InChI=1S/C14H22N2O/c1-3-17-14-7-5-13(6-8-14)16-10-4-9-15-11-12(16)2/h5-8,12,15H,3-4,9-11H2,1-2H3. The minimum atomic E-state index is 0.551. The highest BCUT2D eigenvalue weighted by molar-refractivity contribution is 5.50. The van der Waals surface area contributed by atoms with Crippen LogP contribution in [0.15, 0.2) is 24.3 Å². The average Bonchev–Trinajstić information content (AvgIpc) is 2.56. The Bertz CT molecular complexity index is 337. The molecule has 1 saturated heterocycles. The van der Waals surface area contributed by atoms with E-state index < -0.39 is 0 Å². The number of hydrogen-bond acceptors (Lipinski definition) is 3. The normalized spacial score (nSPS) is 21.1. The number of anilines is 1. The first-order valence-electron chi connectivity index (χ1n) is 6.51. The molecule has 0 bridgehead atoms. The Balaban J connectivity index is 2.09. The summed E-state index contributed by atoms with van der Waals surface area (Å²) in [6.45, 7) is 8.32. The second-order valence-corrected chi connectivity index (χ2v) is 4.53. The number of rotatable bonds is 3. The first-order chi connectivity index (χ1) is 8.31. The molecular formula is C14H22N2O. The van der Waals surface area contributed by atoms with Crippen molar-refractivity contribution in [2.75, 3.05) is 31.1 Å². The molecule has 1 aromatic rings. The average molecular weight is 234 g/mol. The number of nitrogens with one attached hydrogen (secondary N) is 1. The van der Waals surface area contributed by atoms with Gasteiger partial charge in [0.1, 0.15) is 5.75 Å². The Hall–Kier alpha value is -1.22. The van der Waals surface area contributed by atoms with Crippen molar-refractivity contribution < 1.29 is 4.74 Å². The summed E-state index contributed by atoms with van der Waals surface area (Å²) >= 11 is 0. The zero-order chi connectivity index (χ0) is 12.1. The monoisotopic (exact) mass is 234 g/mol. The Kier molecular flexibility index (Phi) is 4.26. The van der Waals surface area contributed by atoms with Crippen LogP contribution in [0.5, 0.6) is 5.75 Å². The summed E-state index contributed by atoms with van der Waals surface area (Å²) in [4.78, 5) is 2.47. The van der Waals surface area contributed by atoms with Gasteiger partial charge in [-0.1, -0.05) is 0 Å². The van der Waals surface area contributed by atoms with Crippen LogP contribution >= 0.6 is 0 Å². The van der Waals surface area contributed by atoms with Crippen molar-refractivity contribution in [1.82, 2.24) is 5.32 Å². The topological polar surface area (TPSA) is 24.5 Å². The third kappa shape index (κ3) is 3.13. The Morgan fingerprint density at radius 3 is 2.82 bits per heavy atom. The second kappa shape index (κ2) is 5.92. The molecule has 0 saturated carbocycles. The van der Waals surface area contributed by atoms with Gasteiger partial charge in [-0.3, -0.25) is 0 Å². The van der Waals surface area contributed by atoms with Gasteiger partial charge >= 0.3 is 0 Å². The van der Waals surface area contributed by atoms with E-state index in [0.29, 0.717) is 6.04 Å². The predicted molar refractivity (Wildman–Crippen MR) is 71.9 cm³/mol. The van der Waals surface area contributed by atoms with Crippen LogP contribution in [0.2, 0.25) is 0 Å². The zero-order valence-corrected chi connectivity index (χ0v) is 10.8. The van der Waals surface area contributed by atoms with Crippen LogP contribution in [0.3, 0.4) is 0 Å². The van der Waals surface area contributed by atoms with Gasteiger partial charge in [0, 0.05) is 24.8 Å². The molecule has 1 atom stereocenters. The first-order valence-corrected chi connectivity index (χ1v) is 6.51. The van der Waals surface area contributed by atoms with Gasteiger partial charge in [-0.05, 0) is 51.1 Å². The molecule has 1 N–H and O–H groups in total. The van der Waals surface area contributed by atoms with Crippen molar-refractivity contribution in [1.29, 1.82) is 0 Å². The molecular weight excluding hydrogens is 212 g/mol. The van der Waals surface area contributed by atoms with Gasteiger partial charge in [0.25, 0.3) is 0 Å². The summed E-state index contributed by atoms with van der Waals surface area (Å²) in [5, 5.41) is 3.46. The molecule has 1 aliphatic heterocycles. The highest BCUT2D eigenvalue weighted by atomic mass is 16.5. The van der Waals surface area contributed by atoms with E-state index in [-0.39, 0.29) is 0 Å². The minimum absolute atomic E-state index is 0.551. The van der Waals surface area contributed by atoms with Crippen molar-refractivity contribution >= 4 is 5.69 Å². The molecule has 3 nitrogen and oxygen atoms in total. The fourth-order valence-electron chi connectivity index (χ4n) is 2.30. The maximum atomic E-state index is 5.47. The molecule has 0 radical (unpaired) electrons. The molecule has 1 unspecified atom stereocenters. The van der Waals surface area contributed by atoms with E-state index in [1.165, 1.54) is 12.1 Å². The number of nitrogens with zero attached hydrogens (tertiary/aromatic N) is 1. The zero-order valence-electron chi connectivity index (χ0n) is 10.8. The maximum absolute atomic E-state index is 5.47. The summed E-state index contributed by atoms with van der Waals surface area (Å²) in [6.07, 6.45) is 1.21. The molecule has 0 aliphatic carbocycles. The quantitative estimate of drug-likeness (QED) is 0.868. The van der Waals surface area contributed by atoms with Crippen LogP contribution in [0, 0.1) is 0 Å². The molecule has 3 heteroatoms. The van der Waals surface area contributed by atoms with Crippen LogP contribution in [-0.4, -0.2) is 32.3 Å². The molecule has 1 fully saturated rings. The summed E-state index contributed by atoms with van der Waals surface area (Å²) in [5.41, 5.74) is 1.30. The molecule has 1 heterocycles. The molecule has 0 aromatic heterocycles. The van der Waals surface area contributed by atoms with E-state index in [1.54, 1.807) is 0 Å². The summed E-state index contributed by atoms with van der Waals surface area (Å²) in [6, 6.07) is 8.99. The molecule has 94 valence electrons. The van der Waals surface area contributed by atoms with E-state index >= 15 is 0 Å². The van der Waals surface area contributed by atoms with E-state index in [2.05, 4.69) is 41.4 Å². The van der Waals surface area contributed by atoms with Crippen molar-refractivity contribution in [2.24, 2.45) is 0 Å². The van der Waals surface area contributed by atoms with Crippen LogP contribution in [0.4, 0.5) is 5.69 Å². The number of hydrogen-bond donors (Lipinski definition) is 1. The Morgan fingerprint density at radius 1 is 1.35 bits per heavy atom. The Morgan fingerprint density at radius 2 is 2.12 bits per heavy atom. The van der Waals surface area contributed by atoms with Gasteiger partial charge in [0.05, 0.1) is 6.61 Å². The first kappa shape index (κ1) is 12.2. The van der Waals surface area contributed by atoms with E-state index in [0.717, 1.165) is 32.0 Å². The largest absolute Gasteiger partial charge is 0.494 e. The van der Waals surface area contributed by atoms with Crippen molar-refractivity contribution in [2.45, 2.75) is 26.3 Å². The number of ether oxygens (including phenoxy) is 1. The fraction of sp³-hybridized carbons (Fsp3) is 0.571. The maximum Gasteiger partial charge on any atom is 0.119 e. The minimum Gasteiger partial charge on any atom is -0.494 e. The van der Waals surface area contributed by atoms with Crippen LogP contribution in [0.1, 0.15) is 20.3 Å². The van der Waals surface area contributed by atoms with Crippen molar-refractivity contribution in [3.8, 4) is 5.75 Å². The molecule has 0 amide bonds. The predicted octanol–water partition coefficient (Wildman–Crippen LogP) is 2.27. The second-order valence-electron chi connectivity index (χ2n) is 4.53. The van der Waals surface area contributed by atoms with Gasteiger partial charge in [-0.2, -0.15) is 0 Å². The molecule has 17 heavy (non-hydrogen) atoms. The van der Waals surface area contributed by atoms with Crippen molar-refractivity contribution in [3.63, 3.8) is 0 Å². The van der Waals surface area contributed by atoms with E-state index in [9.17, 15) is 0 Å². The van der Waals surface area contributed by atoms with Gasteiger partial charge in [0.15, 0.2) is 0 Å². The number of benzene rings is 1. The lowest BCUT2D eigenvalue weighted by molar-refractivity contribution is 0.340. The van der Waals surface area contributed by atoms with E-state index in [4.69, 9.17) is 4.74 Å². The molecule has 1 aromatic carbocycles. The Labute approximate surface area is 104 Å². The lowest BCUT2D eigenvalue weighted by Crippen LogP contribution is -2.37. The van der Waals surface area contributed by atoms with E-state index in [1.807, 2.05) is 6.92 Å². The smallest absolute Gasteiger partial charge is 0.119 e. The molecule has 0 spiro atoms. The third-order valence-corrected chi connectivity index (χ3v) is 3.20. The summed E-state index contributed by atoms with van der Waals surface area (Å²) < 4.78 is 5.47. The van der Waals surface area contributed by atoms with Crippen molar-refractivity contribution in [3.05, 3.63) is 24.3 Å². The lowest BCUT2D eigenvalue weighted by atomic mass is 10.2. The summed E-state index contributed by atoms with van der Waals surface area (Å²) in [7, 11) is 0. The molecule has 1 aliphatic rings. The van der Waals surface area contributed by atoms with Crippen LogP contribution in [-0.2, 0) is 0 Å². The van der Waals surface area contributed by atoms with Gasteiger partial charge < -0.3 is 15.0 Å². The fourth-order valence-corrected chi connectivity index (χ4v) is 2.30. The SMILES string of the molecule is CCOc1ccc(N2CCCNCC2C)cc1. The van der Waals surface area contributed by atoms with Crippen LogP contribution in [0.25, 0.3) is 0 Å². The molecule has 2 rings (SSSR count). The van der Waals surface area contributed by atoms with Gasteiger partial charge in [0.2, 0.25) is 0 Å². The van der Waals surface area contributed by atoms with Gasteiger partial charge in [-0.15, -0.1) is 0 Å². The van der Waals surface area contributed by atoms with Crippen LogP contribution < -0.4 is 15.0 Å². The highest BCUT2D eigenvalue weighted by Crippen LogP contribution is 2.22.